The topological polar surface area (TPSA) is 70.4 Å². The number of aromatic amines is 1. The van der Waals surface area contributed by atoms with Gasteiger partial charge in [-0.15, -0.1) is 0 Å². The van der Waals surface area contributed by atoms with E-state index in [9.17, 15) is 9.90 Å². The molecule has 0 aliphatic carbocycles. The molecule has 0 aliphatic heterocycles. The van der Waals surface area contributed by atoms with Crippen LogP contribution in [0.1, 0.15) is 5.56 Å². The van der Waals surface area contributed by atoms with Gasteiger partial charge in [-0.2, -0.15) is 5.10 Å². The highest BCUT2D eigenvalue weighted by Gasteiger charge is 2.10. The molecule has 86 valence electrons. The minimum Gasteiger partial charge on any atom is -0.392 e. The standard InChI is InChI=1S/C11H8BrN3O2/c12-8-2-1-6-3-7(5-16)10-13-14-11(17)15(10)9(6)4-8/h1-4,16H,5H2,(H,14,17). The molecule has 0 unspecified atom stereocenters. The molecule has 0 fully saturated rings. The van der Waals surface area contributed by atoms with E-state index in [-0.39, 0.29) is 12.3 Å². The van der Waals surface area contributed by atoms with Crippen molar-refractivity contribution in [3.63, 3.8) is 0 Å². The maximum absolute atomic E-state index is 11.7. The number of aliphatic hydroxyl groups is 1. The third kappa shape index (κ3) is 1.49. The fraction of sp³-hybridized carbons (Fsp3) is 0.0909. The van der Waals surface area contributed by atoms with Crippen LogP contribution in [0.5, 0.6) is 0 Å². The summed E-state index contributed by atoms with van der Waals surface area (Å²) in [6, 6.07) is 7.45. The second kappa shape index (κ2) is 3.68. The number of hydrogen-bond acceptors (Lipinski definition) is 3. The van der Waals surface area contributed by atoms with Crippen molar-refractivity contribution in [3.05, 3.63) is 44.8 Å². The number of aromatic nitrogens is 3. The SMILES string of the molecule is O=c1[nH]nc2c(CO)cc3ccc(Br)cc3n12. The molecule has 2 aromatic heterocycles. The Morgan fingerprint density at radius 2 is 2.24 bits per heavy atom. The van der Waals surface area contributed by atoms with Crippen LogP contribution in [0.25, 0.3) is 16.6 Å². The van der Waals surface area contributed by atoms with Gasteiger partial charge in [0.15, 0.2) is 5.65 Å². The largest absolute Gasteiger partial charge is 0.392 e. The van der Waals surface area contributed by atoms with E-state index in [0.29, 0.717) is 11.2 Å². The van der Waals surface area contributed by atoms with Crippen LogP contribution in [0.2, 0.25) is 0 Å². The highest BCUT2D eigenvalue weighted by molar-refractivity contribution is 9.10. The summed E-state index contributed by atoms with van der Waals surface area (Å²) in [5, 5.41) is 16.5. The Balaban J connectivity index is 2.63. The molecule has 1 aromatic carbocycles. The van der Waals surface area contributed by atoms with E-state index in [1.807, 2.05) is 24.3 Å². The van der Waals surface area contributed by atoms with Crippen LogP contribution in [0.15, 0.2) is 33.5 Å². The normalized spacial score (nSPS) is 11.4. The summed E-state index contributed by atoms with van der Waals surface area (Å²) in [6.45, 7) is -0.153. The van der Waals surface area contributed by atoms with Crippen LogP contribution in [-0.2, 0) is 6.61 Å². The van der Waals surface area contributed by atoms with Crippen LogP contribution >= 0.6 is 15.9 Å². The summed E-state index contributed by atoms with van der Waals surface area (Å²) in [4.78, 5) is 11.7. The van der Waals surface area contributed by atoms with Gasteiger partial charge in [0.05, 0.1) is 12.1 Å². The van der Waals surface area contributed by atoms with E-state index in [0.717, 1.165) is 15.4 Å². The molecule has 0 amide bonds. The first-order chi connectivity index (χ1) is 8.20. The number of aliphatic hydroxyl groups excluding tert-OH is 1. The zero-order valence-corrected chi connectivity index (χ0v) is 10.2. The van der Waals surface area contributed by atoms with E-state index < -0.39 is 0 Å². The van der Waals surface area contributed by atoms with Crippen LogP contribution in [-0.4, -0.2) is 19.7 Å². The Labute approximate surface area is 104 Å². The van der Waals surface area contributed by atoms with Crippen LogP contribution in [0.3, 0.4) is 0 Å². The number of halogens is 1. The lowest BCUT2D eigenvalue weighted by molar-refractivity contribution is 0.283. The highest BCUT2D eigenvalue weighted by Crippen LogP contribution is 2.22. The molecule has 6 heteroatoms. The molecule has 0 bridgehead atoms. The molecular weight excluding hydrogens is 286 g/mol. The second-order valence-corrected chi connectivity index (χ2v) is 4.63. The van der Waals surface area contributed by atoms with Crippen LogP contribution in [0, 0.1) is 0 Å². The van der Waals surface area contributed by atoms with Crippen molar-refractivity contribution < 1.29 is 5.11 Å². The average molecular weight is 294 g/mol. The van der Waals surface area contributed by atoms with Gasteiger partial charge in [-0.3, -0.25) is 0 Å². The molecule has 0 aliphatic rings. The Bertz CT molecular complexity index is 775. The molecular formula is C11H8BrN3O2. The molecule has 5 nitrogen and oxygen atoms in total. The minimum absolute atomic E-state index is 0.153. The molecule has 0 radical (unpaired) electrons. The average Bonchev–Trinajstić information content (AvgIpc) is 2.71. The number of hydrogen-bond donors (Lipinski definition) is 2. The molecule has 3 aromatic rings. The Hall–Kier alpha value is -1.66. The van der Waals surface area contributed by atoms with Crippen molar-refractivity contribution in [2.24, 2.45) is 0 Å². The smallest absolute Gasteiger partial charge is 0.348 e. The zero-order chi connectivity index (χ0) is 12.0. The van der Waals surface area contributed by atoms with Gasteiger partial charge in [-0.25, -0.2) is 14.3 Å². The van der Waals surface area contributed by atoms with Gasteiger partial charge in [0.25, 0.3) is 0 Å². The number of fused-ring (bicyclic) bond motifs is 3. The fourth-order valence-electron chi connectivity index (χ4n) is 1.94. The van der Waals surface area contributed by atoms with Crippen molar-refractivity contribution in [2.45, 2.75) is 6.61 Å². The lowest BCUT2D eigenvalue weighted by atomic mass is 10.1. The fourth-order valence-corrected chi connectivity index (χ4v) is 2.29. The van der Waals surface area contributed by atoms with E-state index in [1.165, 1.54) is 4.40 Å². The highest BCUT2D eigenvalue weighted by atomic mass is 79.9. The molecule has 0 spiro atoms. The predicted molar refractivity (Wildman–Crippen MR) is 66.9 cm³/mol. The first-order valence-electron chi connectivity index (χ1n) is 5.00. The van der Waals surface area contributed by atoms with Crippen molar-refractivity contribution in [3.8, 4) is 0 Å². The van der Waals surface area contributed by atoms with E-state index in [2.05, 4.69) is 26.1 Å². The zero-order valence-electron chi connectivity index (χ0n) is 8.64. The first kappa shape index (κ1) is 10.5. The maximum Gasteiger partial charge on any atom is 0.348 e. The molecule has 0 saturated heterocycles. The molecule has 2 N–H and O–H groups in total. The molecule has 0 atom stereocenters. The number of nitrogens with zero attached hydrogens (tertiary/aromatic N) is 2. The van der Waals surface area contributed by atoms with Gasteiger partial charge in [0.2, 0.25) is 0 Å². The predicted octanol–water partition coefficient (Wildman–Crippen LogP) is 1.43. The lowest BCUT2D eigenvalue weighted by Gasteiger charge is -2.05. The Morgan fingerprint density at radius 1 is 1.41 bits per heavy atom. The number of benzene rings is 1. The molecule has 2 heterocycles. The number of pyridine rings is 1. The maximum atomic E-state index is 11.7. The van der Waals surface area contributed by atoms with Gasteiger partial charge >= 0.3 is 5.69 Å². The van der Waals surface area contributed by atoms with Gasteiger partial charge in [-0.1, -0.05) is 22.0 Å². The molecule has 0 saturated carbocycles. The van der Waals surface area contributed by atoms with Crippen molar-refractivity contribution >= 4 is 32.5 Å². The van der Waals surface area contributed by atoms with Crippen molar-refractivity contribution in [1.82, 2.24) is 14.6 Å². The van der Waals surface area contributed by atoms with E-state index in [4.69, 9.17) is 0 Å². The number of nitrogens with one attached hydrogen (secondary N) is 1. The summed E-state index contributed by atoms with van der Waals surface area (Å²) < 4.78 is 2.35. The third-order valence-corrected chi connectivity index (χ3v) is 3.19. The quantitative estimate of drug-likeness (QED) is 0.713. The number of rotatable bonds is 1. The van der Waals surface area contributed by atoms with E-state index in [1.54, 1.807) is 0 Å². The van der Waals surface area contributed by atoms with Crippen molar-refractivity contribution in [2.75, 3.05) is 0 Å². The Morgan fingerprint density at radius 3 is 3.00 bits per heavy atom. The van der Waals surface area contributed by atoms with Crippen LogP contribution < -0.4 is 5.69 Å². The summed E-state index contributed by atoms with van der Waals surface area (Å²) in [5.74, 6) is 0. The van der Waals surface area contributed by atoms with Crippen molar-refractivity contribution in [1.29, 1.82) is 0 Å². The lowest BCUT2D eigenvalue weighted by Crippen LogP contribution is -2.10. The van der Waals surface area contributed by atoms with Gasteiger partial charge in [-0.05, 0) is 23.6 Å². The van der Waals surface area contributed by atoms with Gasteiger partial charge in [0.1, 0.15) is 0 Å². The number of H-pyrrole nitrogens is 1. The first-order valence-corrected chi connectivity index (χ1v) is 5.79. The summed E-state index contributed by atoms with van der Waals surface area (Å²) in [7, 11) is 0. The van der Waals surface area contributed by atoms with Gasteiger partial charge in [0, 0.05) is 10.0 Å². The molecule has 3 rings (SSSR count). The minimum atomic E-state index is -0.307. The monoisotopic (exact) mass is 293 g/mol. The van der Waals surface area contributed by atoms with E-state index >= 15 is 0 Å². The second-order valence-electron chi connectivity index (χ2n) is 3.72. The summed E-state index contributed by atoms with van der Waals surface area (Å²) in [6.07, 6.45) is 0. The Kier molecular flexibility index (Phi) is 2.27. The summed E-state index contributed by atoms with van der Waals surface area (Å²) in [5.41, 5.74) is 1.53. The third-order valence-electron chi connectivity index (χ3n) is 2.69. The molecule has 17 heavy (non-hydrogen) atoms. The van der Waals surface area contributed by atoms with Gasteiger partial charge < -0.3 is 5.11 Å². The van der Waals surface area contributed by atoms with Crippen LogP contribution in [0.4, 0.5) is 0 Å². The summed E-state index contributed by atoms with van der Waals surface area (Å²) >= 11 is 3.37.